The fourth-order valence-electron chi connectivity index (χ4n) is 2.69. The maximum absolute atomic E-state index is 12.6. The maximum Gasteiger partial charge on any atom is 0.328 e. The normalized spacial score (nSPS) is 11.8. The van der Waals surface area contributed by atoms with E-state index in [2.05, 4.69) is 20.7 Å². The average molecular weight is 410 g/mol. The first-order valence-electron chi connectivity index (χ1n) is 7.15. The number of fused-ring (bicyclic) bond motifs is 1. The molecule has 126 valence electrons. The van der Waals surface area contributed by atoms with Gasteiger partial charge in [-0.05, 0) is 48.9 Å². The van der Waals surface area contributed by atoms with Gasteiger partial charge in [0.25, 0.3) is 10.0 Å². The molecule has 0 amide bonds. The van der Waals surface area contributed by atoms with Gasteiger partial charge < -0.3 is 0 Å². The molecule has 0 aliphatic rings. The summed E-state index contributed by atoms with van der Waals surface area (Å²) in [6.45, 7) is 1.74. The van der Waals surface area contributed by atoms with Crippen LogP contribution in [0.1, 0.15) is 5.56 Å². The summed E-state index contributed by atoms with van der Waals surface area (Å²) in [4.78, 5) is 12.2. The first-order chi connectivity index (χ1) is 11.2. The molecule has 24 heavy (non-hydrogen) atoms. The van der Waals surface area contributed by atoms with Gasteiger partial charge in [0.2, 0.25) is 0 Å². The molecule has 3 rings (SSSR count). The number of imidazole rings is 1. The molecule has 0 saturated heterocycles. The van der Waals surface area contributed by atoms with Crippen LogP contribution in [0.25, 0.3) is 11.0 Å². The number of anilines is 1. The lowest BCUT2D eigenvalue weighted by Crippen LogP contribution is -2.19. The molecule has 0 saturated carbocycles. The summed E-state index contributed by atoms with van der Waals surface area (Å²) in [6, 6.07) is 10.0. The van der Waals surface area contributed by atoms with Crippen molar-refractivity contribution in [2.24, 2.45) is 14.1 Å². The van der Waals surface area contributed by atoms with Gasteiger partial charge in [0.05, 0.1) is 21.6 Å². The van der Waals surface area contributed by atoms with Gasteiger partial charge in [0.15, 0.2) is 0 Å². The van der Waals surface area contributed by atoms with Gasteiger partial charge in [0.1, 0.15) is 0 Å². The Hall–Kier alpha value is -2.06. The van der Waals surface area contributed by atoms with Crippen molar-refractivity contribution in [2.45, 2.75) is 11.8 Å². The van der Waals surface area contributed by atoms with E-state index in [4.69, 9.17) is 0 Å². The monoisotopic (exact) mass is 409 g/mol. The van der Waals surface area contributed by atoms with E-state index in [0.717, 1.165) is 9.99 Å². The Balaban J connectivity index is 2.05. The second-order valence-corrected chi connectivity index (χ2v) is 8.19. The quantitative estimate of drug-likeness (QED) is 0.722. The molecular formula is C16H16BrN3O3S. The molecular weight excluding hydrogens is 394 g/mol. The van der Waals surface area contributed by atoms with Crippen LogP contribution in [0.15, 0.2) is 50.6 Å². The van der Waals surface area contributed by atoms with Crippen molar-refractivity contribution in [3.8, 4) is 0 Å². The Morgan fingerprint density at radius 2 is 1.67 bits per heavy atom. The molecule has 0 bridgehead atoms. The summed E-state index contributed by atoms with van der Waals surface area (Å²) >= 11 is 3.32. The summed E-state index contributed by atoms with van der Waals surface area (Å²) in [5, 5.41) is 0. The van der Waals surface area contributed by atoms with Crippen molar-refractivity contribution in [1.29, 1.82) is 0 Å². The zero-order valence-electron chi connectivity index (χ0n) is 13.4. The van der Waals surface area contributed by atoms with Gasteiger partial charge in [0, 0.05) is 18.6 Å². The van der Waals surface area contributed by atoms with Gasteiger partial charge >= 0.3 is 5.69 Å². The third-order valence-electron chi connectivity index (χ3n) is 3.95. The van der Waals surface area contributed by atoms with Gasteiger partial charge in [-0.2, -0.15) is 0 Å². The van der Waals surface area contributed by atoms with Gasteiger partial charge in [-0.15, -0.1) is 0 Å². The molecule has 0 aliphatic carbocycles. The Morgan fingerprint density at radius 3 is 2.33 bits per heavy atom. The summed E-state index contributed by atoms with van der Waals surface area (Å²) in [5.41, 5.74) is 2.30. The number of aromatic nitrogens is 2. The lowest BCUT2D eigenvalue weighted by molar-refractivity contribution is 0.600. The number of aryl methyl sites for hydroxylation is 3. The Morgan fingerprint density at radius 1 is 1.00 bits per heavy atom. The Bertz CT molecular complexity index is 1110. The van der Waals surface area contributed by atoms with Crippen LogP contribution in [0, 0.1) is 6.92 Å². The minimum atomic E-state index is -3.71. The van der Waals surface area contributed by atoms with Crippen LogP contribution in [0.4, 0.5) is 5.69 Å². The van der Waals surface area contributed by atoms with Crippen molar-refractivity contribution >= 4 is 42.7 Å². The van der Waals surface area contributed by atoms with Gasteiger partial charge in [-0.3, -0.25) is 13.9 Å². The third kappa shape index (κ3) is 2.76. The number of hydrogen-bond donors (Lipinski definition) is 1. The summed E-state index contributed by atoms with van der Waals surface area (Å²) in [5.74, 6) is 0. The molecule has 1 N–H and O–H groups in total. The molecule has 6 nitrogen and oxygen atoms in total. The predicted molar refractivity (Wildman–Crippen MR) is 97.8 cm³/mol. The molecule has 0 aliphatic heterocycles. The van der Waals surface area contributed by atoms with Gasteiger partial charge in [-0.25, -0.2) is 13.2 Å². The van der Waals surface area contributed by atoms with Crippen LogP contribution >= 0.6 is 15.9 Å². The van der Waals surface area contributed by atoms with Crippen molar-refractivity contribution < 1.29 is 8.42 Å². The standard InChI is InChI=1S/C16H16BrN3O3S/c1-10-8-11(17)4-7-15(10)24(22,23)18-12-5-6-13-14(9-12)20(3)16(21)19(13)2/h4-9,18H,1-3H3. The van der Waals surface area contributed by atoms with E-state index in [-0.39, 0.29) is 10.6 Å². The van der Waals surface area contributed by atoms with Crippen LogP contribution in [0.5, 0.6) is 0 Å². The predicted octanol–water partition coefficient (Wildman–Crippen LogP) is 2.75. The highest BCUT2D eigenvalue weighted by Gasteiger charge is 2.18. The van der Waals surface area contributed by atoms with Crippen LogP contribution in [0.2, 0.25) is 0 Å². The van der Waals surface area contributed by atoms with Crippen molar-refractivity contribution in [2.75, 3.05) is 4.72 Å². The SMILES string of the molecule is Cc1cc(Br)ccc1S(=O)(=O)Nc1ccc2c(c1)n(C)c(=O)n2C. The molecule has 0 radical (unpaired) electrons. The molecule has 8 heteroatoms. The lowest BCUT2D eigenvalue weighted by Gasteiger charge is -2.11. The lowest BCUT2D eigenvalue weighted by atomic mass is 10.2. The second-order valence-electron chi connectivity index (χ2n) is 5.62. The van der Waals surface area contributed by atoms with Gasteiger partial charge in [-0.1, -0.05) is 15.9 Å². The fraction of sp³-hybridized carbons (Fsp3) is 0.188. The van der Waals surface area contributed by atoms with Crippen LogP contribution < -0.4 is 10.4 Å². The smallest absolute Gasteiger partial charge is 0.295 e. The fourth-order valence-corrected chi connectivity index (χ4v) is 4.45. The molecule has 1 heterocycles. The minimum absolute atomic E-state index is 0.159. The number of rotatable bonds is 3. The van der Waals surface area contributed by atoms with Crippen LogP contribution in [-0.4, -0.2) is 17.6 Å². The topological polar surface area (TPSA) is 73.1 Å². The van der Waals surface area contributed by atoms with E-state index in [1.165, 1.54) is 9.13 Å². The number of benzene rings is 2. The highest BCUT2D eigenvalue weighted by molar-refractivity contribution is 9.10. The van der Waals surface area contributed by atoms with E-state index in [9.17, 15) is 13.2 Å². The highest BCUT2D eigenvalue weighted by atomic mass is 79.9. The van der Waals surface area contributed by atoms with E-state index in [0.29, 0.717) is 16.8 Å². The molecule has 3 aromatic rings. The molecule has 0 atom stereocenters. The van der Waals surface area contributed by atoms with Crippen LogP contribution in [-0.2, 0) is 24.1 Å². The summed E-state index contributed by atoms with van der Waals surface area (Å²) < 4.78 is 31.7. The maximum atomic E-state index is 12.6. The summed E-state index contributed by atoms with van der Waals surface area (Å²) in [7, 11) is -0.376. The van der Waals surface area contributed by atoms with E-state index in [1.54, 1.807) is 57.4 Å². The largest absolute Gasteiger partial charge is 0.328 e. The number of sulfonamides is 1. The molecule has 1 aromatic heterocycles. The zero-order valence-corrected chi connectivity index (χ0v) is 15.8. The highest BCUT2D eigenvalue weighted by Crippen LogP contribution is 2.24. The van der Waals surface area contributed by atoms with E-state index < -0.39 is 10.0 Å². The van der Waals surface area contributed by atoms with E-state index >= 15 is 0 Å². The van der Waals surface area contributed by atoms with Crippen LogP contribution in [0.3, 0.4) is 0 Å². The number of halogens is 1. The second kappa shape index (κ2) is 5.78. The first-order valence-corrected chi connectivity index (χ1v) is 9.43. The van der Waals surface area contributed by atoms with Crippen molar-refractivity contribution in [3.63, 3.8) is 0 Å². The zero-order chi connectivity index (χ0) is 17.6. The number of nitrogens with zero attached hydrogens (tertiary/aromatic N) is 2. The minimum Gasteiger partial charge on any atom is -0.295 e. The van der Waals surface area contributed by atoms with E-state index in [1.807, 2.05) is 0 Å². The molecule has 0 unspecified atom stereocenters. The first kappa shape index (κ1) is 16.8. The molecule has 2 aromatic carbocycles. The average Bonchev–Trinajstić information content (AvgIpc) is 2.71. The number of hydrogen-bond acceptors (Lipinski definition) is 3. The Labute approximate surface area is 147 Å². The molecule has 0 fully saturated rings. The molecule has 0 spiro atoms. The van der Waals surface area contributed by atoms with Crippen molar-refractivity contribution in [3.05, 3.63) is 56.9 Å². The Kier molecular flexibility index (Phi) is 4.05. The summed E-state index contributed by atoms with van der Waals surface area (Å²) in [6.07, 6.45) is 0. The number of nitrogens with one attached hydrogen (secondary N) is 1. The third-order valence-corrected chi connectivity index (χ3v) is 5.99. The van der Waals surface area contributed by atoms with Crippen molar-refractivity contribution in [1.82, 2.24) is 9.13 Å².